The molecule has 0 fully saturated rings. The maximum atomic E-state index is 4.30. The van der Waals surface area contributed by atoms with E-state index in [-0.39, 0.29) is 0 Å². The molecule has 0 saturated heterocycles. The Morgan fingerprint density at radius 3 is 2.33 bits per heavy atom. The molecule has 0 bridgehead atoms. The number of aromatic nitrogens is 1. The highest BCUT2D eigenvalue weighted by Crippen LogP contribution is 2.22. The Kier molecular flexibility index (Phi) is 3.90. The molecule has 1 heterocycles. The summed E-state index contributed by atoms with van der Waals surface area (Å²) < 4.78 is 2.11. The third-order valence-electron chi connectivity index (χ3n) is 4.46. The van der Waals surface area contributed by atoms with E-state index >= 15 is 0 Å². The van der Waals surface area contributed by atoms with Gasteiger partial charge < -0.3 is 9.88 Å². The van der Waals surface area contributed by atoms with Crippen molar-refractivity contribution < 1.29 is 0 Å². The van der Waals surface area contributed by atoms with Gasteiger partial charge in [0.05, 0.1) is 0 Å². The van der Waals surface area contributed by atoms with Gasteiger partial charge in [0.1, 0.15) is 0 Å². The van der Waals surface area contributed by atoms with Crippen molar-refractivity contribution in [2.75, 3.05) is 7.05 Å². The van der Waals surface area contributed by atoms with Crippen molar-refractivity contribution >= 4 is 35.7 Å². The van der Waals surface area contributed by atoms with Crippen molar-refractivity contribution in [1.82, 2.24) is 9.88 Å². The van der Waals surface area contributed by atoms with Crippen LogP contribution in [0, 0.1) is 6.92 Å². The maximum absolute atomic E-state index is 4.30. The third-order valence-corrected chi connectivity index (χ3v) is 4.46. The molecule has 0 radical (unpaired) electrons. The summed E-state index contributed by atoms with van der Waals surface area (Å²) in [6.45, 7) is 18.7. The Labute approximate surface area is 142 Å². The van der Waals surface area contributed by atoms with Crippen molar-refractivity contribution in [2.24, 2.45) is 0 Å². The van der Waals surface area contributed by atoms with Crippen molar-refractivity contribution in [1.29, 1.82) is 0 Å². The monoisotopic (exact) mass is 314 g/mol. The molecular weight excluding hydrogens is 292 g/mol. The van der Waals surface area contributed by atoms with Gasteiger partial charge in [0.25, 0.3) is 0 Å². The molecule has 0 aliphatic rings. The average molecular weight is 314 g/mol. The van der Waals surface area contributed by atoms with Gasteiger partial charge in [-0.05, 0) is 42.3 Å². The van der Waals surface area contributed by atoms with E-state index in [0.29, 0.717) is 0 Å². The molecule has 3 aromatic rings. The van der Waals surface area contributed by atoms with E-state index in [1.54, 1.807) is 0 Å². The molecule has 2 nitrogen and oxygen atoms in total. The highest BCUT2D eigenvalue weighted by molar-refractivity contribution is 5.91. The molecule has 0 atom stereocenters. The fourth-order valence-electron chi connectivity index (χ4n) is 3.14. The van der Waals surface area contributed by atoms with Gasteiger partial charge >= 0.3 is 0 Å². The summed E-state index contributed by atoms with van der Waals surface area (Å²) in [5, 5.41) is 7.15. The molecule has 0 saturated carbocycles. The summed E-state index contributed by atoms with van der Waals surface area (Å²) in [7, 11) is 1.87. The van der Waals surface area contributed by atoms with Gasteiger partial charge in [-0.3, -0.25) is 0 Å². The number of nitrogens with zero attached hydrogens (tertiary/aromatic N) is 1. The maximum Gasteiger partial charge on any atom is 0.0469 e. The van der Waals surface area contributed by atoms with Crippen LogP contribution in [0.2, 0.25) is 0 Å². The highest BCUT2D eigenvalue weighted by atomic mass is 15.0. The molecule has 1 N–H and O–H groups in total. The Morgan fingerprint density at radius 2 is 1.75 bits per heavy atom. The summed E-state index contributed by atoms with van der Waals surface area (Å²) in [5.74, 6) is 0. The van der Waals surface area contributed by atoms with E-state index in [9.17, 15) is 0 Å². The molecule has 120 valence electrons. The highest BCUT2D eigenvalue weighted by Gasteiger charge is 2.11. The lowest BCUT2D eigenvalue weighted by molar-refractivity contribution is 1.01. The predicted octanol–water partition coefficient (Wildman–Crippen LogP) is 3.59. The van der Waals surface area contributed by atoms with E-state index in [4.69, 9.17) is 0 Å². The molecule has 0 spiro atoms. The Bertz CT molecular complexity index is 1070. The Hall–Kier alpha value is -3.00. The zero-order valence-electron chi connectivity index (χ0n) is 14.3. The first kappa shape index (κ1) is 15.9. The summed E-state index contributed by atoms with van der Waals surface area (Å²) in [4.78, 5) is 0. The summed E-state index contributed by atoms with van der Waals surface area (Å²) >= 11 is 0. The fraction of sp³-hybridized carbons (Fsp3) is 0.0909. The minimum atomic E-state index is 0.861. The quantitative estimate of drug-likeness (QED) is 0.779. The minimum Gasteiger partial charge on any atom is -0.388 e. The Balaban J connectivity index is 2.40. The van der Waals surface area contributed by atoms with Crippen molar-refractivity contribution in [2.45, 2.75) is 6.92 Å². The first-order valence-electron chi connectivity index (χ1n) is 7.90. The lowest BCUT2D eigenvalue weighted by Crippen LogP contribution is -2.22. The number of hydrogen-bond donors (Lipinski definition) is 1. The zero-order chi connectivity index (χ0) is 17.4. The van der Waals surface area contributed by atoms with Crippen LogP contribution in [0.4, 0.5) is 0 Å². The minimum absolute atomic E-state index is 0.861. The lowest BCUT2D eigenvalue weighted by Gasteiger charge is -2.09. The summed E-state index contributed by atoms with van der Waals surface area (Å²) in [6, 6.07) is 12.6. The van der Waals surface area contributed by atoms with Gasteiger partial charge in [0.2, 0.25) is 0 Å². The van der Waals surface area contributed by atoms with Gasteiger partial charge in [-0.25, -0.2) is 0 Å². The molecule has 1 aromatic heterocycles. The molecular formula is C22H22N2. The molecule has 2 heteroatoms. The van der Waals surface area contributed by atoms with E-state index < -0.39 is 0 Å². The molecule has 3 rings (SSSR count). The van der Waals surface area contributed by atoms with Gasteiger partial charge in [0, 0.05) is 45.5 Å². The van der Waals surface area contributed by atoms with E-state index in [0.717, 1.165) is 44.0 Å². The van der Waals surface area contributed by atoms with E-state index in [1.165, 1.54) is 5.56 Å². The smallest absolute Gasteiger partial charge is 0.0469 e. The van der Waals surface area contributed by atoms with Crippen LogP contribution in [0.3, 0.4) is 0 Å². The van der Waals surface area contributed by atoms with Crippen LogP contribution in [-0.4, -0.2) is 11.6 Å². The fourth-order valence-corrected chi connectivity index (χ4v) is 3.14. The van der Waals surface area contributed by atoms with Crippen LogP contribution in [0.1, 0.15) is 16.7 Å². The molecule has 2 aromatic carbocycles. The molecule has 0 unspecified atom stereocenters. The predicted molar refractivity (Wildman–Crippen MR) is 106 cm³/mol. The summed E-state index contributed by atoms with van der Waals surface area (Å²) in [6.07, 6.45) is 1.85. The van der Waals surface area contributed by atoms with Gasteiger partial charge in [-0.15, -0.1) is 0 Å². The van der Waals surface area contributed by atoms with Crippen LogP contribution in [0.15, 0.2) is 49.6 Å². The standard InChI is InChI=1S/C22H22N2/c1-7-18-12-21-16(4)24(19-10-8-9-14(2)11-19)17(5)22(21)13-20(18)15(3)23-6/h7-13,23H,1,3-5H2,2,6H3. The zero-order valence-corrected chi connectivity index (χ0v) is 14.3. The van der Waals surface area contributed by atoms with Crippen LogP contribution in [-0.2, 0) is 0 Å². The van der Waals surface area contributed by atoms with E-state index in [2.05, 4.69) is 79.5 Å². The van der Waals surface area contributed by atoms with E-state index in [1.807, 2.05) is 13.1 Å². The van der Waals surface area contributed by atoms with Crippen molar-refractivity contribution in [3.8, 4) is 5.69 Å². The SMILES string of the molecule is C=Cc1cc2c(=C)n(-c3cccc(C)c3)c(=C)c2cc1C(=C)NC. The van der Waals surface area contributed by atoms with Gasteiger partial charge in [0.15, 0.2) is 0 Å². The normalized spacial score (nSPS) is 10.8. The number of aryl methyl sites for hydroxylation is 1. The molecule has 24 heavy (non-hydrogen) atoms. The Morgan fingerprint density at radius 1 is 1.08 bits per heavy atom. The first-order valence-corrected chi connectivity index (χ1v) is 7.90. The second-order valence-electron chi connectivity index (χ2n) is 5.99. The number of rotatable bonds is 4. The van der Waals surface area contributed by atoms with Crippen LogP contribution in [0.25, 0.3) is 41.4 Å². The van der Waals surface area contributed by atoms with Crippen LogP contribution >= 0.6 is 0 Å². The largest absolute Gasteiger partial charge is 0.388 e. The second kappa shape index (κ2) is 5.89. The molecule has 0 aliphatic heterocycles. The summed E-state index contributed by atoms with van der Waals surface area (Å²) in [5.41, 5.74) is 5.22. The van der Waals surface area contributed by atoms with Gasteiger partial charge in [-0.1, -0.05) is 44.5 Å². The van der Waals surface area contributed by atoms with Gasteiger partial charge in [-0.2, -0.15) is 0 Å². The van der Waals surface area contributed by atoms with Crippen molar-refractivity contribution in [3.05, 3.63) is 76.9 Å². The molecule has 0 amide bonds. The van der Waals surface area contributed by atoms with Crippen LogP contribution in [0.5, 0.6) is 0 Å². The van der Waals surface area contributed by atoms with Crippen LogP contribution < -0.4 is 16.0 Å². The number of hydrogen-bond acceptors (Lipinski definition) is 1. The lowest BCUT2D eigenvalue weighted by atomic mass is 10.0. The molecule has 0 aliphatic carbocycles. The average Bonchev–Trinajstić information content (AvgIpc) is 2.83. The second-order valence-corrected chi connectivity index (χ2v) is 5.99. The number of nitrogens with one attached hydrogen (secondary N) is 1. The third kappa shape index (κ3) is 2.37. The number of benzene rings is 2. The topological polar surface area (TPSA) is 17.0 Å². The first-order chi connectivity index (χ1) is 11.5. The number of fused-ring (bicyclic) bond motifs is 1. The van der Waals surface area contributed by atoms with Crippen molar-refractivity contribution in [3.63, 3.8) is 0 Å².